The number of benzene rings is 2. The zero-order valence-electron chi connectivity index (χ0n) is 30.2. The van der Waals surface area contributed by atoms with Crippen molar-refractivity contribution in [2.45, 2.75) is 98.3 Å². The topological polar surface area (TPSA) is 80.6 Å². The van der Waals surface area contributed by atoms with E-state index in [1.54, 1.807) is 46.8 Å². The van der Waals surface area contributed by atoms with Gasteiger partial charge in [0, 0.05) is 29.9 Å². The molecule has 1 unspecified atom stereocenters. The summed E-state index contributed by atoms with van der Waals surface area (Å²) in [5.74, 6) is -3.88. The Morgan fingerprint density at radius 1 is 0.961 bits per heavy atom. The summed E-state index contributed by atoms with van der Waals surface area (Å²) < 4.78 is 81.3. The number of nitrogens with one attached hydrogen (secondary N) is 1. The van der Waals surface area contributed by atoms with Crippen molar-refractivity contribution >= 4 is 11.9 Å². The molecule has 4 rings (SSSR count). The van der Waals surface area contributed by atoms with Crippen molar-refractivity contribution in [2.24, 2.45) is 5.92 Å². The lowest BCUT2D eigenvalue weighted by Crippen LogP contribution is -2.41. The van der Waals surface area contributed by atoms with Crippen molar-refractivity contribution in [3.63, 3.8) is 0 Å². The van der Waals surface area contributed by atoms with E-state index in [1.165, 1.54) is 13.0 Å². The van der Waals surface area contributed by atoms with E-state index < -0.39 is 64.9 Å². The molecule has 12 heteroatoms. The van der Waals surface area contributed by atoms with E-state index >= 15 is 8.78 Å². The Balaban J connectivity index is 1.82. The third kappa shape index (κ3) is 9.64. The Kier molecular flexibility index (Phi) is 13.2. The molecule has 51 heavy (non-hydrogen) atoms. The summed E-state index contributed by atoms with van der Waals surface area (Å²) in [7, 11) is 0. The number of aromatic nitrogens is 1. The maximum Gasteiger partial charge on any atom is 0.416 e. The molecule has 0 saturated carbocycles. The number of halogens is 5. The quantitative estimate of drug-likeness (QED) is 0.143. The molecule has 1 amide bonds. The number of aryl methyl sites for hydroxylation is 3. The van der Waals surface area contributed by atoms with Crippen LogP contribution in [0.2, 0.25) is 0 Å². The van der Waals surface area contributed by atoms with Gasteiger partial charge in [0.2, 0.25) is 5.91 Å². The van der Waals surface area contributed by atoms with E-state index in [0.717, 1.165) is 54.2 Å². The third-order valence-electron chi connectivity index (χ3n) is 9.46. The van der Waals surface area contributed by atoms with E-state index in [1.807, 2.05) is 6.07 Å². The molecule has 1 saturated heterocycles. The normalized spacial score (nSPS) is 15.1. The maximum atomic E-state index is 16.6. The van der Waals surface area contributed by atoms with E-state index in [-0.39, 0.29) is 42.1 Å². The summed E-state index contributed by atoms with van der Waals surface area (Å²) in [6.45, 7) is 12.0. The lowest BCUT2D eigenvalue weighted by molar-refractivity contribution is -0.144. The number of hydrogen-bond donors (Lipinski definition) is 1. The lowest BCUT2D eigenvalue weighted by Gasteiger charge is -2.28. The minimum atomic E-state index is -4.80. The SMILES string of the molecule is CCOC(=O)C[C@H](NC(=O)C(CC(C)C)n1cc(CCN2CCCCC2)c(C(F)(F)F)cc1=O)c1c(F)c(C)cc(-c2c(C)cccc2C)c1F. The molecular weight excluding hydrogens is 669 g/mol. The van der Waals surface area contributed by atoms with E-state index in [9.17, 15) is 27.6 Å². The number of hydrogen-bond acceptors (Lipinski definition) is 5. The molecule has 2 aromatic carbocycles. The summed E-state index contributed by atoms with van der Waals surface area (Å²) in [6.07, 6.45) is -1.38. The van der Waals surface area contributed by atoms with Gasteiger partial charge in [-0.05, 0) is 106 Å². The minimum absolute atomic E-state index is 0.00254. The monoisotopic (exact) mass is 717 g/mol. The highest BCUT2D eigenvalue weighted by atomic mass is 19.4. The Hall–Kier alpha value is -4.06. The van der Waals surface area contributed by atoms with Gasteiger partial charge in [-0.3, -0.25) is 14.4 Å². The van der Waals surface area contributed by atoms with Gasteiger partial charge in [-0.25, -0.2) is 8.78 Å². The van der Waals surface area contributed by atoms with Gasteiger partial charge in [0.05, 0.1) is 24.6 Å². The van der Waals surface area contributed by atoms with Crippen LogP contribution < -0.4 is 10.9 Å². The number of carbonyl (C=O) groups is 2. The largest absolute Gasteiger partial charge is 0.466 e. The molecular formula is C39H48F5N3O4. The number of pyridine rings is 1. The highest BCUT2D eigenvalue weighted by Gasteiger charge is 2.37. The molecule has 0 radical (unpaired) electrons. The fraction of sp³-hybridized carbons (Fsp3) is 0.513. The van der Waals surface area contributed by atoms with E-state index in [0.29, 0.717) is 18.2 Å². The highest BCUT2D eigenvalue weighted by Crippen LogP contribution is 2.37. The van der Waals surface area contributed by atoms with Crippen LogP contribution in [0, 0.1) is 38.3 Å². The van der Waals surface area contributed by atoms with Gasteiger partial charge < -0.3 is 19.5 Å². The fourth-order valence-corrected chi connectivity index (χ4v) is 6.96. The molecule has 0 bridgehead atoms. The molecule has 0 spiro atoms. The number of ether oxygens (including phenoxy) is 1. The second-order valence-electron chi connectivity index (χ2n) is 13.9. The van der Waals surface area contributed by atoms with Gasteiger partial charge in [0.15, 0.2) is 0 Å². The number of rotatable bonds is 13. The third-order valence-corrected chi connectivity index (χ3v) is 9.46. The fourth-order valence-electron chi connectivity index (χ4n) is 6.96. The average Bonchev–Trinajstić information content (AvgIpc) is 3.05. The second-order valence-corrected chi connectivity index (χ2v) is 13.9. The first-order valence-electron chi connectivity index (χ1n) is 17.6. The Morgan fingerprint density at radius 3 is 2.20 bits per heavy atom. The molecule has 1 aliphatic rings. The summed E-state index contributed by atoms with van der Waals surface area (Å²) >= 11 is 0. The molecule has 3 aromatic rings. The van der Waals surface area contributed by atoms with Gasteiger partial charge in [-0.2, -0.15) is 13.2 Å². The predicted octanol–water partition coefficient (Wildman–Crippen LogP) is 8.16. The summed E-state index contributed by atoms with van der Waals surface area (Å²) in [4.78, 5) is 42.5. The van der Waals surface area contributed by atoms with Crippen molar-refractivity contribution in [2.75, 3.05) is 26.2 Å². The maximum absolute atomic E-state index is 16.6. The molecule has 1 aromatic heterocycles. The first-order valence-corrected chi connectivity index (χ1v) is 17.6. The predicted molar refractivity (Wildman–Crippen MR) is 186 cm³/mol. The molecule has 0 aliphatic carbocycles. The first-order chi connectivity index (χ1) is 24.0. The zero-order chi connectivity index (χ0) is 37.6. The summed E-state index contributed by atoms with van der Waals surface area (Å²) in [5, 5.41) is 2.61. The number of esters is 1. The first kappa shape index (κ1) is 39.7. The van der Waals surface area contributed by atoms with Gasteiger partial charge in [-0.1, -0.05) is 38.5 Å². The van der Waals surface area contributed by atoms with Crippen LogP contribution in [0.5, 0.6) is 0 Å². The molecule has 2 atom stereocenters. The number of likely N-dealkylation sites (tertiary alicyclic amines) is 1. The number of alkyl halides is 3. The summed E-state index contributed by atoms with van der Waals surface area (Å²) in [5.41, 5.74) is -0.651. The second kappa shape index (κ2) is 17.0. The number of piperidine rings is 1. The van der Waals surface area contributed by atoms with Crippen molar-refractivity contribution < 1.29 is 36.3 Å². The molecule has 1 aliphatic heterocycles. The molecule has 1 N–H and O–H groups in total. The Bertz CT molecular complexity index is 1760. The van der Waals surface area contributed by atoms with Crippen molar-refractivity contribution in [1.29, 1.82) is 0 Å². The van der Waals surface area contributed by atoms with Crippen LogP contribution in [-0.4, -0.2) is 47.6 Å². The zero-order valence-corrected chi connectivity index (χ0v) is 30.2. The molecule has 278 valence electrons. The van der Waals surface area contributed by atoms with Crippen LogP contribution in [-0.2, 0) is 26.9 Å². The van der Waals surface area contributed by atoms with Crippen LogP contribution in [0.4, 0.5) is 22.0 Å². The number of nitrogens with zero attached hydrogens (tertiary/aromatic N) is 2. The van der Waals surface area contributed by atoms with Crippen molar-refractivity contribution in [3.8, 4) is 11.1 Å². The van der Waals surface area contributed by atoms with E-state index in [2.05, 4.69) is 10.2 Å². The Labute approximate surface area is 296 Å². The smallest absolute Gasteiger partial charge is 0.416 e. The summed E-state index contributed by atoms with van der Waals surface area (Å²) in [6, 6.07) is 4.35. The standard InChI is InChI=1S/C39H48F5N3O4/c1-7-51-33(49)21-30(35-36(40)26(6)19-28(37(35)41)34-24(4)12-11-13-25(34)5)45-38(50)31(18-23(2)3)47-22-27(14-17-46-15-9-8-10-16-46)29(20-32(47)48)39(42,43)44/h11-13,19-20,22-23,30-31H,7-10,14-18,21H2,1-6H3,(H,45,50)/t30-,31?/m0/s1. The Morgan fingerprint density at radius 2 is 1.61 bits per heavy atom. The van der Waals surface area contributed by atoms with Gasteiger partial charge >= 0.3 is 12.1 Å². The molecule has 1 fully saturated rings. The number of amides is 1. The van der Waals surface area contributed by atoms with Gasteiger partial charge in [0.25, 0.3) is 5.56 Å². The molecule has 2 heterocycles. The van der Waals surface area contributed by atoms with Crippen LogP contribution in [0.3, 0.4) is 0 Å². The number of carbonyl (C=O) groups excluding carboxylic acids is 2. The van der Waals surface area contributed by atoms with Crippen LogP contribution >= 0.6 is 0 Å². The van der Waals surface area contributed by atoms with Crippen molar-refractivity contribution in [3.05, 3.63) is 91.9 Å². The van der Waals surface area contributed by atoms with Crippen LogP contribution in [0.1, 0.15) is 98.3 Å². The van der Waals surface area contributed by atoms with Crippen LogP contribution in [0.25, 0.3) is 11.1 Å². The average molecular weight is 718 g/mol. The highest BCUT2D eigenvalue weighted by molar-refractivity contribution is 5.82. The minimum Gasteiger partial charge on any atom is -0.466 e. The molecule has 7 nitrogen and oxygen atoms in total. The van der Waals surface area contributed by atoms with Crippen molar-refractivity contribution in [1.82, 2.24) is 14.8 Å². The van der Waals surface area contributed by atoms with Gasteiger partial charge in [-0.15, -0.1) is 0 Å². The lowest BCUT2D eigenvalue weighted by atomic mass is 9.89. The van der Waals surface area contributed by atoms with Gasteiger partial charge in [0.1, 0.15) is 17.7 Å². The van der Waals surface area contributed by atoms with Crippen LogP contribution in [0.15, 0.2) is 41.3 Å². The van der Waals surface area contributed by atoms with E-state index in [4.69, 9.17) is 4.74 Å².